The maximum atomic E-state index is 12.7. The predicted octanol–water partition coefficient (Wildman–Crippen LogP) is 2.74. The number of hydrogen-bond acceptors (Lipinski definition) is 7. The van der Waals surface area contributed by atoms with E-state index in [1.807, 2.05) is 23.8 Å². The van der Waals surface area contributed by atoms with E-state index >= 15 is 0 Å². The van der Waals surface area contributed by atoms with Gasteiger partial charge in [-0.25, -0.2) is 9.97 Å². The summed E-state index contributed by atoms with van der Waals surface area (Å²) >= 11 is 0. The van der Waals surface area contributed by atoms with Crippen molar-refractivity contribution in [2.45, 2.75) is 38.5 Å². The van der Waals surface area contributed by atoms with Crippen molar-refractivity contribution in [3.8, 4) is 0 Å². The van der Waals surface area contributed by atoms with Crippen LogP contribution < -0.4 is 5.73 Å². The average Bonchev–Trinajstić information content (AvgIpc) is 3.16. The molecule has 8 heteroatoms. The number of fused-ring (bicyclic) bond motifs is 1. The molecule has 3 aromatic heterocycles. The van der Waals surface area contributed by atoms with E-state index in [1.54, 1.807) is 18.3 Å². The lowest BCUT2D eigenvalue weighted by Crippen LogP contribution is -2.25. The molecule has 1 saturated heterocycles. The zero-order valence-corrected chi connectivity index (χ0v) is 15.7. The molecule has 0 radical (unpaired) electrons. The summed E-state index contributed by atoms with van der Waals surface area (Å²) in [6.07, 6.45) is 8.04. The Labute approximate surface area is 162 Å². The van der Waals surface area contributed by atoms with E-state index < -0.39 is 0 Å². The summed E-state index contributed by atoms with van der Waals surface area (Å²) in [5, 5.41) is 0.864. The maximum absolute atomic E-state index is 12.7. The lowest BCUT2D eigenvalue weighted by atomic mass is 10.2. The SMILES string of the molecule is C[C@@H](COC1CCCCO1)n1ccc2cnc(C(=O)c3ccc(N)cn3)nc21. The van der Waals surface area contributed by atoms with Gasteiger partial charge in [0, 0.05) is 24.4 Å². The van der Waals surface area contributed by atoms with Gasteiger partial charge >= 0.3 is 0 Å². The van der Waals surface area contributed by atoms with Crippen LogP contribution in [-0.2, 0) is 9.47 Å². The topological polar surface area (TPSA) is 105 Å². The summed E-state index contributed by atoms with van der Waals surface area (Å²) in [6, 6.07) is 5.17. The van der Waals surface area contributed by atoms with Crippen molar-refractivity contribution in [2.75, 3.05) is 18.9 Å². The molecular weight excluding hydrogens is 358 g/mol. The molecule has 146 valence electrons. The van der Waals surface area contributed by atoms with Crippen LogP contribution in [0.3, 0.4) is 0 Å². The summed E-state index contributed by atoms with van der Waals surface area (Å²) in [4.78, 5) is 25.4. The summed E-state index contributed by atoms with van der Waals surface area (Å²) < 4.78 is 13.5. The standard InChI is InChI=1S/C20H23N5O3/c1-13(12-28-17-4-2-3-9-27-17)25-8-7-14-10-23-19(24-20(14)25)18(26)16-6-5-15(21)11-22-16/h5-8,10-11,13,17H,2-4,9,12,21H2,1H3/t13-,17?/m0/s1. The number of nitrogen functional groups attached to an aromatic ring is 1. The molecule has 1 fully saturated rings. The first-order valence-electron chi connectivity index (χ1n) is 9.45. The highest BCUT2D eigenvalue weighted by atomic mass is 16.7. The maximum Gasteiger partial charge on any atom is 0.248 e. The van der Waals surface area contributed by atoms with Crippen molar-refractivity contribution >= 4 is 22.5 Å². The van der Waals surface area contributed by atoms with E-state index in [2.05, 4.69) is 15.0 Å². The molecule has 4 heterocycles. The molecular formula is C20H23N5O3. The van der Waals surface area contributed by atoms with Crippen LogP contribution >= 0.6 is 0 Å². The Morgan fingerprint density at radius 3 is 2.96 bits per heavy atom. The fraction of sp³-hybridized carbons (Fsp3) is 0.400. The van der Waals surface area contributed by atoms with Crippen LogP contribution in [0.4, 0.5) is 5.69 Å². The molecule has 2 atom stereocenters. The van der Waals surface area contributed by atoms with Crippen LogP contribution in [0.25, 0.3) is 11.0 Å². The fourth-order valence-electron chi connectivity index (χ4n) is 3.23. The van der Waals surface area contributed by atoms with E-state index in [4.69, 9.17) is 15.2 Å². The van der Waals surface area contributed by atoms with Crippen molar-refractivity contribution in [1.29, 1.82) is 0 Å². The van der Waals surface area contributed by atoms with Crippen LogP contribution in [0.15, 0.2) is 36.8 Å². The number of carbonyl (C=O) groups excluding carboxylic acids is 1. The summed E-state index contributed by atoms with van der Waals surface area (Å²) in [5.41, 5.74) is 7.08. The van der Waals surface area contributed by atoms with Crippen LogP contribution in [0, 0.1) is 0 Å². The van der Waals surface area contributed by atoms with Gasteiger partial charge in [-0.05, 0) is 44.4 Å². The molecule has 0 aromatic carbocycles. The Morgan fingerprint density at radius 2 is 2.21 bits per heavy atom. The van der Waals surface area contributed by atoms with Gasteiger partial charge in [0.15, 0.2) is 6.29 Å². The number of rotatable bonds is 6. The number of anilines is 1. The molecule has 3 aromatic rings. The van der Waals surface area contributed by atoms with Crippen molar-refractivity contribution < 1.29 is 14.3 Å². The van der Waals surface area contributed by atoms with Gasteiger partial charge in [-0.15, -0.1) is 0 Å². The molecule has 1 unspecified atom stereocenters. The van der Waals surface area contributed by atoms with Gasteiger partial charge < -0.3 is 19.8 Å². The molecule has 28 heavy (non-hydrogen) atoms. The van der Waals surface area contributed by atoms with Gasteiger partial charge in [0.05, 0.1) is 24.5 Å². The number of ether oxygens (including phenoxy) is 2. The second-order valence-electron chi connectivity index (χ2n) is 6.98. The first kappa shape index (κ1) is 18.5. The highest BCUT2D eigenvalue weighted by Gasteiger charge is 2.19. The first-order valence-corrected chi connectivity index (χ1v) is 9.45. The molecule has 0 saturated carbocycles. The highest BCUT2D eigenvalue weighted by molar-refractivity contribution is 6.05. The number of ketones is 1. The van der Waals surface area contributed by atoms with E-state index in [9.17, 15) is 4.79 Å². The number of nitrogens with two attached hydrogens (primary N) is 1. The third-order valence-corrected chi connectivity index (χ3v) is 4.81. The predicted molar refractivity (Wildman–Crippen MR) is 104 cm³/mol. The number of pyridine rings is 1. The minimum atomic E-state index is -0.339. The Kier molecular flexibility index (Phi) is 5.31. The Bertz CT molecular complexity index is 964. The van der Waals surface area contributed by atoms with Gasteiger partial charge in [-0.1, -0.05) is 0 Å². The summed E-state index contributed by atoms with van der Waals surface area (Å²) in [7, 11) is 0. The monoisotopic (exact) mass is 381 g/mol. The Hall–Kier alpha value is -2.84. The molecule has 0 bridgehead atoms. The first-order chi connectivity index (χ1) is 13.6. The smallest absolute Gasteiger partial charge is 0.248 e. The number of aromatic nitrogens is 4. The molecule has 4 rings (SSSR count). The molecule has 1 aliphatic heterocycles. The quantitative estimate of drug-likeness (QED) is 0.655. The van der Waals surface area contributed by atoms with Crippen LogP contribution in [-0.4, -0.2) is 44.8 Å². The zero-order valence-electron chi connectivity index (χ0n) is 15.7. The van der Waals surface area contributed by atoms with Crippen molar-refractivity contribution in [2.24, 2.45) is 0 Å². The number of carbonyl (C=O) groups is 1. The second-order valence-corrected chi connectivity index (χ2v) is 6.98. The second kappa shape index (κ2) is 8.04. The van der Waals surface area contributed by atoms with E-state index in [0.717, 1.165) is 31.3 Å². The molecule has 8 nitrogen and oxygen atoms in total. The lowest BCUT2D eigenvalue weighted by molar-refractivity contribution is -0.166. The van der Waals surface area contributed by atoms with Crippen molar-refractivity contribution in [3.63, 3.8) is 0 Å². The van der Waals surface area contributed by atoms with Crippen molar-refractivity contribution in [1.82, 2.24) is 19.5 Å². The fourth-order valence-corrected chi connectivity index (χ4v) is 3.23. The van der Waals surface area contributed by atoms with Gasteiger partial charge in [0.25, 0.3) is 0 Å². The molecule has 0 amide bonds. The summed E-state index contributed by atoms with van der Waals surface area (Å²) in [6.45, 7) is 3.30. The highest BCUT2D eigenvalue weighted by Crippen LogP contribution is 2.21. The minimum absolute atomic E-state index is 0.0375. The van der Waals surface area contributed by atoms with Gasteiger partial charge in [-0.2, -0.15) is 0 Å². The normalized spacial score (nSPS) is 18.2. The van der Waals surface area contributed by atoms with E-state index in [1.165, 1.54) is 6.20 Å². The van der Waals surface area contributed by atoms with E-state index in [-0.39, 0.29) is 29.6 Å². The largest absolute Gasteiger partial charge is 0.397 e. The van der Waals surface area contributed by atoms with Crippen molar-refractivity contribution in [3.05, 3.63) is 48.3 Å². The molecule has 0 spiro atoms. The third-order valence-electron chi connectivity index (χ3n) is 4.81. The van der Waals surface area contributed by atoms with Gasteiger partial charge in [0.1, 0.15) is 11.3 Å². The lowest BCUT2D eigenvalue weighted by Gasteiger charge is -2.24. The summed E-state index contributed by atoms with van der Waals surface area (Å²) in [5.74, 6) is -0.234. The van der Waals surface area contributed by atoms with Crippen LogP contribution in [0.2, 0.25) is 0 Å². The number of nitrogens with zero attached hydrogens (tertiary/aromatic N) is 4. The Balaban J connectivity index is 1.53. The number of hydrogen-bond donors (Lipinski definition) is 1. The van der Waals surface area contributed by atoms with Crippen LogP contribution in [0.1, 0.15) is 48.5 Å². The van der Waals surface area contributed by atoms with Gasteiger partial charge in [-0.3, -0.25) is 9.78 Å². The Morgan fingerprint density at radius 1 is 1.32 bits per heavy atom. The third kappa shape index (κ3) is 3.88. The van der Waals surface area contributed by atoms with E-state index in [0.29, 0.717) is 17.9 Å². The average molecular weight is 381 g/mol. The van der Waals surface area contributed by atoms with Crippen LogP contribution in [0.5, 0.6) is 0 Å². The molecule has 2 N–H and O–H groups in total. The minimum Gasteiger partial charge on any atom is -0.397 e. The molecule has 0 aliphatic carbocycles. The molecule has 1 aliphatic rings. The van der Waals surface area contributed by atoms with Gasteiger partial charge in [0.2, 0.25) is 11.6 Å². The zero-order chi connectivity index (χ0) is 19.5.